The van der Waals surface area contributed by atoms with Crippen LogP contribution in [0.15, 0.2) is 72.3 Å². The van der Waals surface area contributed by atoms with Gasteiger partial charge in [0, 0.05) is 6.08 Å². The van der Waals surface area contributed by atoms with E-state index in [-0.39, 0.29) is 6.10 Å². The number of aliphatic hydroxyl groups is 3. The fourth-order valence-corrected chi connectivity index (χ4v) is 2.14. The number of carboxylic acid groups (broad SMARTS) is 1. The molecule has 0 radical (unpaired) electrons. The van der Waals surface area contributed by atoms with Crippen molar-refractivity contribution in [3.05, 3.63) is 72.3 Å². The maximum Gasteiger partial charge on any atom is 0.328 e. The summed E-state index contributed by atoms with van der Waals surface area (Å²) in [7, 11) is 0. The van der Waals surface area contributed by atoms with Crippen LogP contribution in [-0.2, 0) is 4.79 Å². The van der Waals surface area contributed by atoms with Gasteiger partial charge in [-0.15, -0.1) is 0 Å². The smallest absolute Gasteiger partial charge is 0.328 e. The number of carbonyl (C=O) groups is 1. The van der Waals surface area contributed by atoms with E-state index in [0.717, 1.165) is 44.3 Å². The summed E-state index contributed by atoms with van der Waals surface area (Å²) >= 11 is 0. The number of aliphatic hydroxyl groups excluding tert-OH is 3. The molecule has 0 rings (SSSR count). The Balaban J connectivity index is 3.99. The molecule has 0 heterocycles. The van der Waals surface area contributed by atoms with Gasteiger partial charge in [0.05, 0.1) is 6.10 Å². The van der Waals surface area contributed by atoms with Crippen molar-refractivity contribution in [1.82, 2.24) is 0 Å². The predicted molar refractivity (Wildman–Crippen MR) is 110 cm³/mol. The number of rotatable bonds is 14. The molecule has 0 aromatic heterocycles. The standard InChI is InChI=1S/C22H32O5/c1-2-3-11-14-19(23)15-12-9-7-5-4-6-8-10-13-16-20(24)21(25)17-18-22(26)27/h4-8,10,13,16-19,23-25H,2-3,9,11-12,14-15H2,1H3,(H,26,27). The van der Waals surface area contributed by atoms with Gasteiger partial charge < -0.3 is 20.4 Å². The van der Waals surface area contributed by atoms with Gasteiger partial charge in [0.1, 0.15) is 0 Å². The van der Waals surface area contributed by atoms with Gasteiger partial charge in [0.25, 0.3) is 0 Å². The van der Waals surface area contributed by atoms with E-state index in [0.29, 0.717) is 0 Å². The molecule has 5 heteroatoms. The van der Waals surface area contributed by atoms with Crippen LogP contribution in [0.25, 0.3) is 0 Å². The van der Waals surface area contributed by atoms with Crippen molar-refractivity contribution < 1.29 is 25.2 Å². The molecule has 1 atom stereocenters. The zero-order chi connectivity index (χ0) is 20.3. The van der Waals surface area contributed by atoms with Crippen molar-refractivity contribution in [2.75, 3.05) is 0 Å². The third kappa shape index (κ3) is 16.7. The summed E-state index contributed by atoms with van der Waals surface area (Å²) in [4.78, 5) is 10.3. The number of unbranched alkanes of at least 4 members (excludes halogenated alkanes) is 3. The van der Waals surface area contributed by atoms with E-state index in [4.69, 9.17) is 5.11 Å². The lowest BCUT2D eigenvalue weighted by Crippen LogP contribution is -2.05. The van der Waals surface area contributed by atoms with E-state index in [1.807, 2.05) is 18.2 Å². The van der Waals surface area contributed by atoms with E-state index >= 15 is 0 Å². The molecule has 0 aromatic carbocycles. The van der Waals surface area contributed by atoms with Crippen LogP contribution in [0.4, 0.5) is 0 Å². The second-order valence-corrected chi connectivity index (χ2v) is 6.08. The molecule has 27 heavy (non-hydrogen) atoms. The Kier molecular flexibility index (Phi) is 15.3. The first-order chi connectivity index (χ1) is 13.0. The monoisotopic (exact) mass is 376 g/mol. The molecular weight excluding hydrogens is 344 g/mol. The minimum Gasteiger partial charge on any atom is -0.504 e. The summed E-state index contributed by atoms with van der Waals surface area (Å²) in [5.74, 6) is -2.14. The van der Waals surface area contributed by atoms with Gasteiger partial charge in [0.15, 0.2) is 11.5 Å². The van der Waals surface area contributed by atoms with Crippen LogP contribution < -0.4 is 0 Å². The van der Waals surface area contributed by atoms with Crippen molar-refractivity contribution >= 4 is 5.97 Å². The Morgan fingerprint density at radius 1 is 0.778 bits per heavy atom. The Morgan fingerprint density at radius 3 is 2.04 bits per heavy atom. The van der Waals surface area contributed by atoms with Gasteiger partial charge >= 0.3 is 5.97 Å². The highest BCUT2D eigenvalue weighted by Crippen LogP contribution is 2.09. The fourth-order valence-electron chi connectivity index (χ4n) is 2.14. The molecule has 1 unspecified atom stereocenters. The molecule has 0 aliphatic carbocycles. The Hall–Kier alpha value is -2.53. The maximum absolute atomic E-state index is 10.3. The second kappa shape index (κ2) is 16.9. The van der Waals surface area contributed by atoms with Crippen molar-refractivity contribution in [3.63, 3.8) is 0 Å². The molecule has 0 bridgehead atoms. The molecule has 0 aliphatic rings. The summed E-state index contributed by atoms with van der Waals surface area (Å²) in [6.07, 6.45) is 22.5. The first kappa shape index (κ1) is 24.5. The molecule has 0 saturated carbocycles. The van der Waals surface area contributed by atoms with E-state index < -0.39 is 17.5 Å². The molecule has 5 nitrogen and oxygen atoms in total. The van der Waals surface area contributed by atoms with Gasteiger partial charge in [0.2, 0.25) is 0 Å². The molecule has 0 spiro atoms. The Bertz CT molecular complexity index is 580. The molecule has 0 saturated heterocycles. The van der Waals surface area contributed by atoms with E-state index in [1.54, 1.807) is 12.2 Å². The first-order valence-electron chi connectivity index (χ1n) is 9.35. The Morgan fingerprint density at radius 2 is 1.37 bits per heavy atom. The molecule has 150 valence electrons. The zero-order valence-corrected chi connectivity index (χ0v) is 16.0. The molecular formula is C22H32O5. The summed E-state index contributed by atoms with van der Waals surface area (Å²) in [6.45, 7) is 2.16. The number of allylic oxidation sites excluding steroid dienone is 9. The summed E-state index contributed by atoms with van der Waals surface area (Å²) < 4.78 is 0. The highest BCUT2D eigenvalue weighted by molar-refractivity contribution is 5.80. The van der Waals surface area contributed by atoms with Crippen LogP contribution in [0, 0.1) is 0 Å². The van der Waals surface area contributed by atoms with Crippen LogP contribution in [0.2, 0.25) is 0 Å². The number of hydrogen-bond donors (Lipinski definition) is 4. The average Bonchev–Trinajstić information content (AvgIpc) is 2.64. The van der Waals surface area contributed by atoms with Crippen molar-refractivity contribution in [2.24, 2.45) is 0 Å². The third-order valence-corrected chi connectivity index (χ3v) is 3.64. The average molecular weight is 376 g/mol. The van der Waals surface area contributed by atoms with E-state index in [9.17, 15) is 20.1 Å². The minimum atomic E-state index is -1.21. The van der Waals surface area contributed by atoms with Crippen molar-refractivity contribution in [3.8, 4) is 0 Å². The number of hydrogen-bond acceptors (Lipinski definition) is 4. The van der Waals surface area contributed by atoms with Crippen LogP contribution in [0.1, 0.15) is 51.9 Å². The van der Waals surface area contributed by atoms with E-state index in [1.165, 1.54) is 25.0 Å². The minimum absolute atomic E-state index is 0.181. The molecule has 4 N–H and O–H groups in total. The number of aliphatic carboxylic acids is 1. The van der Waals surface area contributed by atoms with Crippen molar-refractivity contribution in [2.45, 2.75) is 58.0 Å². The third-order valence-electron chi connectivity index (χ3n) is 3.64. The maximum atomic E-state index is 10.3. The summed E-state index contributed by atoms with van der Waals surface area (Å²) in [5, 5.41) is 37.1. The van der Waals surface area contributed by atoms with Gasteiger partial charge in [-0.25, -0.2) is 4.79 Å². The lowest BCUT2D eigenvalue weighted by atomic mass is 10.1. The number of carboxylic acids is 1. The van der Waals surface area contributed by atoms with E-state index in [2.05, 4.69) is 13.0 Å². The normalized spacial score (nSPS) is 14.9. The SMILES string of the molecule is CCCCCC(O)CCCC=CC=CC=CC=CC(O)=C(O)C=CC(=O)O. The Labute approximate surface area is 162 Å². The van der Waals surface area contributed by atoms with Gasteiger partial charge in [-0.3, -0.25) is 0 Å². The predicted octanol–water partition coefficient (Wildman–Crippen LogP) is 5.29. The first-order valence-corrected chi connectivity index (χ1v) is 9.35. The van der Waals surface area contributed by atoms with Crippen molar-refractivity contribution in [1.29, 1.82) is 0 Å². The lowest BCUT2D eigenvalue weighted by Gasteiger charge is -2.08. The van der Waals surface area contributed by atoms with Gasteiger partial charge in [-0.05, 0) is 37.8 Å². The molecule has 0 amide bonds. The van der Waals surface area contributed by atoms with Gasteiger partial charge in [-0.1, -0.05) is 68.7 Å². The topological polar surface area (TPSA) is 98.0 Å². The van der Waals surface area contributed by atoms with Gasteiger partial charge in [-0.2, -0.15) is 0 Å². The van der Waals surface area contributed by atoms with Crippen LogP contribution in [-0.4, -0.2) is 32.5 Å². The molecule has 0 aromatic rings. The zero-order valence-electron chi connectivity index (χ0n) is 16.0. The molecule has 0 fully saturated rings. The highest BCUT2D eigenvalue weighted by Gasteiger charge is 2.01. The fraction of sp³-hybridized carbons (Fsp3) is 0.409. The van der Waals surface area contributed by atoms with Crippen LogP contribution in [0.5, 0.6) is 0 Å². The quantitative estimate of drug-likeness (QED) is 0.143. The lowest BCUT2D eigenvalue weighted by molar-refractivity contribution is -0.131. The summed E-state index contributed by atoms with van der Waals surface area (Å²) in [6, 6.07) is 0. The van der Waals surface area contributed by atoms with Crippen LogP contribution in [0.3, 0.4) is 0 Å². The highest BCUT2D eigenvalue weighted by atomic mass is 16.4. The molecule has 0 aliphatic heterocycles. The van der Waals surface area contributed by atoms with Crippen LogP contribution >= 0.6 is 0 Å². The summed E-state index contributed by atoms with van der Waals surface area (Å²) in [5.41, 5.74) is 0. The largest absolute Gasteiger partial charge is 0.504 e. The second-order valence-electron chi connectivity index (χ2n) is 6.08.